The molecule has 0 aliphatic carbocycles. The van der Waals surface area contributed by atoms with Crippen molar-refractivity contribution in [2.75, 3.05) is 0 Å². The van der Waals surface area contributed by atoms with E-state index in [9.17, 15) is 4.91 Å². The van der Waals surface area contributed by atoms with Crippen molar-refractivity contribution >= 4 is 0 Å². The highest BCUT2D eigenvalue weighted by Crippen LogP contribution is 2.12. The van der Waals surface area contributed by atoms with E-state index in [4.69, 9.17) is 5.11 Å². The van der Waals surface area contributed by atoms with Crippen LogP contribution < -0.4 is 0 Å². The normalized spacial score (nSPS) is 9.70. The van der Waals surface area contributed by atoms with E-state index in [1.807, 2.05) is 0 Å². The number of aryl methyl sites for hydroxylation is 1. The molecule has 0 saturated heterocycles. The van der Waals surface area contributed by atoms with E-state index in [1.54, 1.807) is 6.92 Å². The summed E-state index contributed by atoms with van der Waals surface area (Å²) in [7, 11) is 0. The molecule has 0 atom stereocenters. The first-order valence-electron chi connectivity index (χ1n) is 2.77. The summed E-state index contributed by atoms with van der Waals surface area (Å²) in [5.41, 5.74) is 0.299. The molecule has 0 aromatic carbocycles. The Labute approximate surface area is 57.1 Å². The zero-order valence-corrected chi connectivity index (χ0v) is 5.46. The van der Waals surface area contributed by atoms with Gasteiger partial charge in [0.05, 0.1) is 0 Å². The first kappa shape index (κ1) is 6.73. The minimum absolute atomic E-state index is 0.0721. The van der Waals surface area contributed by atoms with E-state index >= 15 is 0 Å². The van der Waals surface area contributed by atoms with Gasteiger partial charge in [0.25, 0.3) is 0 Å². The van der Waals surface area contributed by atoms with Crippen molar-refractivity contribution in [3.63, 3.8) is 0 Å². The summed E-state index contributed by atoms with van der Waals surface area (Å²) in [5, 5.41) is 11.5. The lowest BCUT2D eigenvalue weighted by molar-refractivity contribution is 0.449. The Kier molecular flexibility index (Phi) is 1.66. The second kappa shape index (κ2) is 2.47. The topological polar surface area (TPSA) is 78.3 Å². The van der Waals surface area contributed by atoms with Gasteiger partial charge in [-0.1, -0.05) is 5.18 Å². The maximum absolute atomic E-state index is 9.72. The van der Waals surface area contributed by atoms with Gasteiger partial charge >= 0.3 is 0 Å². The predicted molar refractivity (Wildman–Crippen MR) is 34.5 cm³/mol. The molecule has 0 unspecified atom stereocenters. The van der Waals surface area contributed by atoms with Crippen LogP contribution in [-0.4, -0.2) is 15.1 Å². The van der Waals surface area contributed by atoms with Gasteiger partial charge in [-0.2, -0.15) is 4.91 Å². The minimum atomic E-state index is -0.0871. The third-order valence-electron chi connectivity index (χ3n) is 1.09. The molecular weight excluding hydrogens is 134 g/mol. The van der Waals surface area contributed by atoms with Crippen LogP contribution in [0.5, 0.6) is 5.88 Å². The van der Waals surface area contributed by atoms with Crippen molar-refractivity contribution in [2.45, 2.75) is 13.5 Å². The average Bonchev–Trinajstić information content (AvgIpc) is 2.13. The molecule has 0 aliphatic rings. The molecule has 1 rings (SSSR count). The minimum Gasteiger partial charge on any atom is -0.493 e. The third-order valence-corrected chi connectivity index (χ3v) is 1.09. The molecule has 1 heterocycles. The molecule has 0 aliphatic heterocycles. The van der Waals surface area contributed by atoms with Crippen LogP contribution >= 0.6 is 0 Å². The first-order valence-corrected chi connectivity index (χ1v) is 2.77. The molecule has 0 amide bonds. The molecular formula is C5H7N3O2. The maximum Gasteiger partial charge on any atom is 0.214 e. The predicted octanol–water partition coefficient (Wildman–Crippen LogP) is 0.690. The summed E-state index contributed by atoms with van der Waals surface area (Å²) < 4.78 is 0. The number of aromatic amines is 1. The summed E-state index contributed by atoms with van der Waals surface area (Å²) >= 11 is 0. The van der Waals surface area contributed by atoms with Crippen LogP contribution in [0.25, 0.3) is 0 Å². The summed E-state index contributed by atoms with van der Waals surface area (Å²) in [6, 6.07) is 0. The molecule has 5 nitrogen and oxygen atoms in total. The largest absolute Gasteiger partial charge is 0.493 e. The van der Waals surface area contributed by atoms with E-state index in [2.05, 4.69) is 15.1 Å². The number of aromatic nitrogens is 2. The Balaban J connectivity index is 2.91. The van der Waals surface area contributed by atoms with Crippen LogP contribution in [0.15, 0.2) is 5.18 Å². The zero-order valence-electron chi connectivity index (χ0n) is 5.46. The van der Waals surface area contributed by atoms with Crippen LogP contribution in [0.4, 0.5) is 0 Å². The van der Waals surface area contributed by atoms with Gasteiger partial charge in [0.15, 0.2) is 0 Å². The van der Waals surface area contributed by atoms with E-state index < -0.39 is 0 Å². The summed E-state index contributed by atoms with van der Waals surface area (Å²) in [4.78, 5) is 16.1. The van der Waals surface area contributed by atoms with Crippen molar-refractivity contribution in [3.8, 4) is 5.88 Å². The SMILES string of the molecule is Cc1nc(CN=O)c(O)[nH]1. The van der Waals surface area contributed by atoms with Crippen LogP contribution in [0.1, 0.15) is 11.5 Å². The lowest BCUT2D eigenvalue weighted by atomic mass is 10.5. The van der Waals surface area contributed by atoms with Gasteiger partial charge in [-0.25, -0.2) is 4.98 Å². The van der Waals surface area contributed by atoms with Crippen molar-refractivity contribution in [2.24, 2.45) is 5.18 Å². The Bertz CT molecular complexity index is 243. The second-order valence-electron chi connectivity index (χ2n) is 1.90. The molecule has 0 bridgehead atoms. The van der Waals surface area contributed by atoms with Gasteiger partial charge in [0.2, 0.25) is 5.88 Å². The Morgan fingerprint density at radius 3 is 2.90 bits per heavy atom. The van der Waals surface area contributed by atoms with Crippen LogP contribution in [0.2, 0.25) is 0 Å². The van der Waals surface area contributed by atoms with Gasteiger partial charge in [0.1, 0.15) is 18.1 Å². The van der Waals surface area contributed by atoms with Crippen LogP contribution in [0, 0.1) is 11.8 Å². The lowest BCUT2D eigenvalue weighted by Crippen LogP contribution is -1.79. The van der Waals surface area contributed by atoms with E-state index in [0.717, 1.165) is 0 Å². The van der Waals surface area contributed by atoms with Crippen molar-refractivity contribution < 1.29 is 5.11 Å². The van der Waals surface area contributed by atoms with Gasteiger partial charge in [-0.05, 0) is 6.92 Å². The van der Waals surface area contributed by atoms with Crippen molar-refractivity contribution in [1.82, 2.24) is 9.97 Å². The lowest BCUT2D eigenvalue weighted by Gasteiger charge is -1.83. The molecule has 54 valence electrons. The number of hydrogen-bond donors (Lipinski definition) is 2. The van der Waals surface area contributed by atoms with Gasteiger partial charge in [-0.3, -0.25) is 0 Å². The number of nitrogens with one attached hydrogen (secondary N) is 1. The van der Waals surface area contributed by atoms with Gasteiger partial charge in [-0.15, -0.1) is 0 Å². The highest BCUT2D eigenvalue weighted by atomic mass is 16.3. The average molecular weight is 141 g/mol. The summed E-state index contributed by atoms with van der Waals surface area (Å²) in [6.07, 6.45) is 0. The van der Waals surface area contributed by atoms with Crippen LogP contribution in [-0.2, 0) is 6.54 Å². The molecule has 2 N–H and O–H groups in total. The van der Waals surface area contributed by atoms with E-state index in [0.29, 0.717) is 11.5 Å². The quantitative estimate of drug-likeness (QED) is 0.594. The maximum atomic E-state index is 9.72. The molecule has 0 saturated carbocycles. The fourth-order valence-electron chi connectivity index (χ4n) is 0.698. The molecule has 1 aromatic heterocycles. The Morgan fingerprint density at radius 1 is 1.80 bits per heavy atom. The number of H-pyrrole nitrogens is 1. The molecule has 0 spiro atoms. The Hall–Kier alpha value is -1.39. The number of aromatic hydroxyl groups is 1. The highest BCUT2D eigenvalue weighted by Gasteiger charge is 2.04. The van der Waals surface area contributed by atoms with Crippen molar-refractivity contribution in [3.05, 3.63) is 16.4 Å². The molecule has 5 heteroatoms. The standard InChI is InChI=1S/C5H7N3O2/c1-3-7-4(2-6-10)5(9)8-3/h9H,2H2,1H3,(H,7,8). The van der Waals surface area contributed by atoms with Gasteiger partial charge < -0.3 is 10.1 Å². The van der Waals surface area contributed by atoms with Gasteiger partial charge in [0, 0.05) is 0 Å². The monoisotopic (exact) mass is 141 g/mol. The fourth-order valence-corrected chi connectivity index (χ4v) is 0.698. The molecule has 1 aromatic rings. The summed E-state index contributed by atoms with van der Waals surface area (Å²) in [5.74, 6) is 0.508. The third kappa shape index (κ3) is 1.12. The zero-order chi connectivity index (χ0) is 7.56. The second-order valence-corrected chi connectivity index (χ2v) is 1.90. The Morgan fingerprint density at radius 2 is 2.50 bits per heavy atom. The fraction of sp³-hybridized carbons (Fsp3) is 0.400. The number of nitroso groups, excluding NO2 is 1. The summed E-state index contributed by atoms with van der Waals surface area (Å²) in [6.45, 7) is 1.60. The number of rotatable bonds is 2. The van der Waals surface area contributed by atoms with Crippen LogP contribution in [0.3, 0.4) is 0 Å². The number of hydrogen-bond acceptors (Lipinski definition) is 4. The number of imidazole rings is 1. The van der Waals surface area contributed by atoms with E-state index in [1.165, 1.54) is 0 Å². The molecule has 0 fully saturated rings. The van der Waals surface area contributed by atoms with E-state index in [-0.39, 0.29) is 12.4 Å². The highest BCUT2D eigenvalue weighted by molar-refractivity contribution is 5.18. The smallest absolute Gasteiger partial charge is 0.214 e. The molecule has 10 heavy (non-hydrogen) atoms. The molecule has 0 radical (unpaired) electrons. The van der Waals surface area contributed by atoms with Crippen molar-refractivity contribution in [1.29, 1.82) is 0 Å². The number of nitrogens with zero attached hydrogens (tertiary/aromatic N) is 2. The first-order chi connectivity index (χ1) is 4.74.